The quantitative estimate of drug-likeness (QED) is 0.353. The van der Waals surface area contributed by atoms with Crippen LogP contribution in [0.3, 0.4) is 0 Å². The van der Waals surface area contributed by atoms with Crippen molar-refractivity contribution < 1.29 is 4.79 Å². The Kier molecular flexibility index (Phi) is 11.2. The average Bonchev–Trinajstić information content (AvgIpc) is 2.68. The van der Waals surface area contributed by atoms with E-state index in [4.69, 9.17) is 0 Å². The number of hydrogen-bond acceptors (Lipinski definition) is 3. The third-order valence-corrected chi connectivity index (χ3v) is 4.66. The summed E-state index contributed by atoms with van der Waals surface area (Å²) >= 11 is 0. The molecule has 27 heavy (non-hydrogen) atoms. The first-order valence-electron chi connectivity index (χ1n) is 9.76. The van der Waals surface area contributed by atoms with Crippen LogP contribution in [0.5, 0.6) is 0 Å². The second kappa shape index (κ2) is 12.8. The summed E-state index contributed by atoms with van der Waals surface area (Å²) < 4.78 is 0. The molecule has 1 atom stereocenters. The van der Waals surface area contributed by atoms with Crippen LogP contribution in [-0.2, 0) is 4.79 Å². The third kappa shape index (κ3) is 7.94. The Morgan fingerprint density at radius 2 is 1.81 bits per heavy atom. The van der Waals surface area contributed by atoms with Crippen LogP contribution >= 0.6 is 24.0 Å². The number of carbonyl (C=O) groups is 1. The second-order valence-corrected chi connectivity index (χ2v) is 6.67. The van der Waals surface area contributed by atoms with Gasteiger partial charge in [-0.15, -0.1) is 24.0 Å². The van der Waals surface area contributed by atoms with Gasteiger partial charge < -0.3 is 20.4 Å². The van der Waals surface area contributed by atoms with Crippen molar-refractivity contribution in [3.63, 3.8) is 0 Å². The van der Waals surface area contributed by atoms with Gasteiger partial charge in [0.25, 0.3) is 0 Å². The fraction of sp³-hybridized carbons (Fsp3) is 0.600. The number of rotatable bonds is 7. The number of para-hydroxylation sites is 1. The van der Waals surface area contributed by atoms with Crippen molar-refractivity contribution in [2.24, 2.45) is 4.99 Å². The van der Waals surface area contributed by atoms with E-state index >= 15 is 0 Å². The first kappa shape index (κ1) is 23.5. The number of benzene rings is 1. The van der Waals surface area contributed by atoms with Gasteiger partial charge in [0.2, 0.25) is 5.91 Å². The normalized spacial score (nSPS) is 15.7. The number of piperazine rings is 1. The minimum absolute atomic E-state index is 0. The maximum Gasteiger partial charge on any atom is 0.222 e. The Hall–Kier alpha value is -1.51. The monoisotopic (exact) mass is 487 g/mol. The summed E-state index contributed by atoms with van der Waals surface area (Å²) in [5.74, 6) is 0.990. The maximum absolute atomic E-state index is 11.9. The number of hydrogen-bond donors (Lipinski definition) is 2. The highest BCUT2D eigenvalue weighted by molar-refractivity contribution is 14.0. The van der Waals surface area contributed by atoms with Gasteiger partial charge in [0.1, 0.15) is 0 Å². The van der Waals surface area contributed by atoms with Gasteiger partial charge in [0, 0.05) is 50.9 Å². The third-order valence-electron chi connectivity index (χ3n) is 4.66. The number of guanidine groups is 1. The van der Waals surface area contributed by atoms with Gasteiger partial charge in [-0.2, -0.15) is 0 Å². The van der Waals surface area contributed by atoms with Gasteiger partial charge in [-0.25, -0.2) is 0 Å². The second-order valence-electron chi connectivity index (χ2n) is 6.67. The van der Waals surface area contributed by atoms with Crippen LogP contribution < -0.4 is 15.5 Å². The first-order valence-corrected chi connectivity index (χ1v) is 9.76. The molecular formula is C20H34IN5O. The smallest absolute Gasteiger partial charge is 0.222 e. The largest absolute Gasteiger partial charge is 0.368 e. The van der Waals surface area contributed by atoms with Crippen molar-refractivity contribution in [1.29, 1.82) is 0 Å². The van der Waals surface area contributed by atoms with E-state index in [0.717, 1.165) is 45.1 Å². The number of halogens is 1. The van der Waals surface area contributed by atoms with E-state index in [1.165, 1.54) is 5.69 Å². The average molecular weight is 487 g/mol. The van der Waals surface area contributed by atoms with Gasteiger partial charge >= 0.3 is 0 Å². The van der Waals surface area contributed by atoms with Crippen molar-refractivity contribution in [3.05, 3.63) is 30.3 Å². The zero-order valence-corrected chi connectivity index (χ0v) is 19.1. The lowest BCUT2D eigenvalue weighted by molar-refractivity contribution is -0.121. The topological polar surface area (TPSA) is 60.0 Å². The molecule has 0 aromatic heterocycles. The first-order chi connectivity index (χ1) is 12.6. The molecule has 1 heterocycles. The highest BCUT2D eigenvalue weighted by Gasteiger charge is 2.19. The van der Waals surface area contributed by atoms with Crippen LogP contribution in [0, 0.1) is 0 Å². The molecular weight excluding hydrogens is 453 g/mol. The van der Waals surface area contributed by atoms with E-state index in [1.807, 2.05) is 13.0 Å². The number of aliphatic imine (C=N–C) groups is 1. The minimum Gasteiger partial charge on any atom is -0.368 e. The van der Waals surface area contributed by atoms with Gasteiger partial charge in [0.05, 0.1) is 6.54 Å². The number of nitrogens with one attached hydrogen (secondary N) is 2. The highest BCUT2D eigenvalue weighted by Crippen LogP contribution is 2.15. The molecule has 1 amide bonds. The molecule has 1 aromatic rings. The Balaban J connectivity index is 0.00000364. The molecule has 0 saturated carbocycles. The summed E-state index contributed by atoms with van der Waals surface area (Å²) in [6.07, 6.45) is 1.38. The summed E-state index contributed by atoms with van der Waals surface area (Å²) in [5, 5.41) is 6.35. The van der Waals surface area contributed by atoms with E-state index < -0.39 is 0 Å². The molecule has 1 aromatic carbocycles. The van der Waals surface area contributed by atoms with Crippen molar-refractivity contribution in [2.45, 2.75) is 39.7 Å². The Labute approximate surface area is 180 Å². The molecule has 0 aliphatic carbocycles. The van der Waals surface area contributed by atoms with Crippen LogP contribution in [0.1, 0.15) is 33.6 Å². The lowest BCUT2D eigenvalue weighted by Crippen LogP contribution is -2.52. The molecule has 0 bridgehead atoms. The molecule has 0 radical (unpaired) electrons. The fourth-order valence-electron chi connectivity index (χ4n) is 2.95. The van der Waals surface area contributed by atoms with Crippen LogP contribution in [0.4, 0.5) is 5.69 Å². The predicted molar refractivity (Wildman–Crippen MR) is 124 cm³/mol. The molecule has 1 saturated heterocycles. The summed E-state index contributed by atoms with van der Waals surface area (Å²) in [7, 11) is 0. The van der Waals surface area contributed by atoms with E-state index in [-0.39, 0.29) is 35.9 Å². The Morgan fingerprint density at radius 1 is 1.15 bits per heavy atom. The predicted octanol–water partition coefficient (Wildman–Crippen LogP) is 2.70. The maximum atomic E-state index is 11.9. The molecule has 2 N–H and O–H groups in total. The highest BCUT2D eigenvalue weighted by atomic mass is 127. The standard InChI is InChI=1S/C20H33N5O.HI/c1-4-17(3)23-19(26)11-12-22-20(21-5-2)25-15-13-24(14-16-25)18-9-7-6-8-10-18;/h6-10,17H,4-5,11-16H2,1-3H3,(H,21,22)(H,23,26);1H. The van der Waals surface area contributed by atoms with Crippen molar-refractivity contribution in [1.82, 2.24) is 15.5 Å². The van der Waals surface area contributed by atoms with Crippen LogP contribution in [0.2, 0.25) is 0 Å². The molecule has 7 heteroatoms. The zero-order valence-electron chi connectivity index (χ0n) is 16.8. The number of anilines is 1. The zero-order chi connectivity index (χ0) is 18.8. The van der Waals surface area contributed by atoms with Gasteiger partial charge in [0.15, 0.2) is 5.96 Å². The lowest BCUT2D eigenvalue weighted by Gasteiger charge is -2.37. The molecule has 1 aliphatic rings. The molecule has 152 valence electrons. The SMILES string of the molecule is CCNC(=NCCC(=O)NC(C)CC)N1CCN(c2ccccc2)CC1.I. The van der Waals surface area contributed by atoms with Crippen LogP contribution in [0.15, 0.2) is 35.3 Å². The number of nitrogens with zero attached hydrogens (tertiary/aromatic N) is 3. The summed E-state index contributed by atoms with van der Waals surface area (Å²) in [4.78, 5) is 21.3. The van der Waals surface area contributed by atoms with Crippen LogP contribution in [-0.4, -0.2) is 62.1 Å². The van der Waals surface area contributed by atoms with E-state index in [2.05, 4.69) is 63.5 Å². The molecule has 6 nitrogen and oxygen atoms in total. The van der Waals surface area contributed by atoms with Gasteiger partial charge in [-0.3, -0.25) is 9.79 Å². The Morgan fingerprint density at radius 3 is 2.41 bits per heavy atom. The van der Waals surface area contributed by atoms with Crippen molar-refractivity contribution in [3.8, 4) is 0 Å². The molecule has 1 fully saturated rings. The summed E-state index contributed by atoms with van der Waals surface area (Å²) in [6.45, 7) is 11.3. The molecule has 2 rings (SSSR count). The van der Waals surface area contributed by atoms with Crippen molar-refractivity contribution in [2.75, 3.05) is 44.2 Å². The minimum atomic E-state index is 0. The number of carbonyl (C=O) groups excluding carboxylic acids is 1. The van der Waals surface area contributed by atoms with E-state index in [0.29, 0.717) is 13.0 Å². The lowest BCUT2D eigenvalue weighted by atomic mass is 10.2. The molecule has 1 aliphatic heterocycles. The van der Waals surface area contributed by atoms with Gasteiger partial charge in [-0.1, -0.05) is 25.1 Å². The molecule has 0 spiro atoms. The summed E-state index contributed by atoms with van der Waals surface area (Å²) in [5.41, 5.74) is 1.27. The fourth-order valence-corrected chi connectivity index (χ4v) is 2.95. The number of amides is 1. The van der Waals surface area contributed by atoms with Gasteiger partial charge in [-0.05, 0) is 32.4 Å². The van der Waals surface area contributed by atoms with Crippen molar-refractivity contribution >= 4 is 41.5 Å². The Bertz CT molecular complexity index is 573. The van der Waals surface area contributed by atoms with E-state index in [1.54, 1.807) is 0 Å². The van der Waals surface area contributed by atoms with Crippen LogP contribution in [0.25, 0.3) is 0 Å². The summed E-state index contributed by atoms with van der Waals surface area (Å²) in [6, 6.07) is 10.8. The van der Waals surface area contributed by atoms with E-state index in [9.17, 15) is 4.79 Å². The molecule has 1 unspecified atom stereocenters.